The highest BCUT2D eigenvalue weighted by atomic mass is 16.5. The molecule has 148 valence electrons. The average molecular weight is 392 g/mol. The van der Waals surface area contributed by atoms with E-state index in [2.05, 4.69) is 0 Å². The minimum absolute atomic E-state index is 0.265. The third kappa shape index (κ3) is 3.10. The van der Waals surface area contributed by atoms with E-state index in [0.29, 0.717) is 28.4 Å². The summed E-state index contributed by atoms with van der Waals surface area (Å²) in [5.74, 6) is 0.0190. The quantitative estimate of drug-likeness (QED) is 0.718. The number of carbonyl (C=O) groups excluding carboxylic acids is 1. The number of methoxy groups -OCH3 is 2. The molecule has 1 aliphatic heterocycles. The van der Waals surface area contributed by atoms with E-state index in [0.717, 1.165) is 0 Å². The molecule has 2 aromatic carbocycles. The molecule has 0 fully saturated rings. The Labute approximate surface area is 167 Å². The summed E-state index contributed by atoms with van der Waals surface area (Å²) in [4.78, 5) is 27.2. The van der Waals surface area contributed by atoms with E-state index in [-0.39, 0.29) is 5.91 Å². The Bertz CT molecular complexity index is 1040. The van der Waals surface area contributed by atoms with Crippen molar-refractivity contribution in [2.75, 3.05) is 19.1 Å². The van der Waals surface area contributed by atoms with Crippen LogP contribution in [-0.4, -0.2) is 35.8 Å². The van der Waals surface area contributed by atoms with Gasteiger partial charge in [-0.2, -0.15) is 0 Å². The summed E-state index contributed by atoms with van der Waals surface area (Å²) >= 11 is 0. The van der Waals surface area contributed by atoms with Gasteiger partial charge in [0, 0.05) is 11.9 Å². The second-order valence-electron chi connectivity index (χ2n) is 6.67. The molecular formula is C22H20N2O5. The van der Waals surface area contributed by atoms with Crippen molar-refractivity contribution in [1.82, 2.24) is 4.57 Å². The summed E-state index contributed by atoms with van der Waals surface area (Å²) < 4.78 is 12.0. The van der Waals surface area contributed by atoms with Crippen LogP contribution >= 0.6 is 0 Å². The lowest BCUT2D eigenvalue weighted by atomic mass is 9.93. The molecule has 1 N–H and O–H groups in total. The number of anilines is 1. The fourth-order valence-corrected chi connectivity index (χ4v) is 3.77. The van der Waals surface area contributed by atoms with Crippen molar-refractivity contribution >= 4 is 17.6 Å². The smallest absolute Gasteiger partial charge is 0.329 e. The minimum atomic E-state index is -1.02. The summed E-state index contributed by atoms with van der Waals surface area (Å²) in [5, 5.41) is 10.1. The zero-order valence-electron chi connectivity index (χ0n) is 16.0. The number of rotatable bonds is 5. The molecule has 0 unspecified atom stereocenters. The Morgan fingerprint density at radius 3 is 2.07 bits per heavy atom. The van der Waals surface area contributed by atoms with E-state index in [9.17, 15) is 14.7 Å². The minimum Gasteiger partial charge on any atom is -0.497 e. The molecule has 1 aliphatic rings. The van der Waals surface area contributed by atoms with E-state index in [1.165, 1.54) is 9.47 Å². The number of hydrogen-bond donors (Lipinski definition) is 1. The molecule has 7 heteroatoms. The number of carboxylic acids is 1. The molecule has 4 rings (SSSR count). The fourth-order valence-electron chi connectivity index (χ4n) is 3.77. The molecule has 0 saturated heterocycles. The predicted molar refractivity (Wildman–Crippen MR) is 107 cm³/mol. The monoisotopic (exact) mass is 392 g/mol. The first-order valence-corrected chi connectivity index (χ1v) is 9.06. The molecule has 3 aromatic rings. The van der Waals surface area contributed by atoms with Crippen LogP contribution in [0.4, 0.5) is 5.69 Å². The van der Waals surface area contributed by atoms with Crippen LogP contribution in [0.15, 0.2) is 66.9 Å². The number of aliphatic carboxylic acids is 1. The van der Waals surface area contributed by atoms with Gasteiger partial charge in [0.1, 0.15) is 17.2 Å². The summed E-state index contributed by atoms with van der Waals surface area (Å²) in [6.45, 7) is 0. The number of carbonyl (C=O) groups is 2. The molecule has 2 atom stereocenters. The summed E-state index contributed by atoms with van der Waals surface area (Å²) in [5.41, 5.74) is 1.62. The van der Waals surface area contributed by atoms with Gasteiger partial charge in [-0.05, 0) is 54.1 Å². The largest absolute Gasteiger partial charge is 0.497 e. The first kappa shape index (κ1) is 18.6. The van der Waals surface area contributed by atoms with E-state index in [1.807, 2.05) is 0 Å². The molecule has 2 heterocycles. The van der Waals surface area contributed by atoms with E-state index < -0.39 is 18.1 Å². The molecule has 1 aromatic heterocycles. The zero-order chi connectivity index (χ0) is 20.5. The van der Waals surface area contributed by atoms with Crippen molar-refractivity contribution < 1.29 is 24.2 Å². The van der Waals surface area contributed by atoms with Crippen LogP contribution in [0, 0.1) is 0 Å². The molecule has 0 radical (unpaired) electrons. The van der Waals surface area contributed by atoms with Crippen LogP contribution in [0.3, 0.4) is 0 Å². The first-order chi connectivity index (χ1) is 14.0. The highest BCUT2D eigenvalue weighted by Crippen LogP contribution is 2.42. The third-order valence-electron chi connectivity index (χ3n) is 5.15. The molecular weight excluding hydrogens is 372 g/mol. The van der Waals surface area contributed by atoms with Crippen molar-refractivity contribution in [2.45, 2.75) is 12.1 Å². The van der Waals surface area contributed by atoms with Crippen LogP contribution in [0.2, 0.25) is 0 Å². The first-order valence-electron chi connectivity index (χ1n) is 9.06. The van der Waals surface area contributed by atoms with Gasteiger partial charge in [0.05, 0.1) is 20.3 Å². The maximum absolute atomic E-state index is 13.4. The number of carboxylic acid groups (broad SMARTS) is 1. The van der Waals surface area contributed by atoms with Gasteiger partial charge in [-0.15, -0.1) is 0 Å². The fraction of sp³-hybridized carbons (Fsp3) is 0.182. The van der Waals surface area contributed by atoms with Gasteiger partial charge in [0.25, 0.3) is 5.91 Å². The number of fused-ring (bicyclic) bond motifs is 1. The second kappa shape index (κ2) is 7.35. The normalized spacial score (nSPS) is 18.3. The maximum atomic E-state index is 13.4. The number of nitrogens with zero attached hydrogens (tertiary/aromatic N) is 2. The number of aromatic nitrogens is 1. The third-order valence-corrected chi connectivity index (χ3v) is 5.15. The van der Waals surface area contributed by atoms with E-state index in [4.69, 9.17) is 9.47 Å². The Morgan fingerprint density at radius 1 is 0.931 bits per heavy atom. The van der Waals surface area contributed by atoms with Gasteiger partial charge in [0.15, 0.2) is 6.04 Å². The Hall–Kier alpha value is -3.74. The Balaban J connectivity index is 1.90. The Morgan fingerprint density at radius 2 is 1.52 bits per heavy atom. The lowest BCUT2D eigenvalue weighted by Gasteiger charge is -2.41. The van der Waals surface area contributed by atoms with Crippen molar-refractivity contribution in [2.24, 2.45) is 0 Å². The van der Waals surface area contributed by atoms with Crippen LogP contribution < -0.4 is 14.4 Å². The van der Waals surface area contributed by atoms with Crippen LogP contribution in [0.25, 0.3) is 0 Å². The van der Waals surface area contributed by atoms with Crippen molar-refractivity contribution in [1.29, 1.82) is 0 Å². The number of amides is 1. The van der Waals surface area contributed by atoms with Crippen LogP contribution in [0.1, 0.15) is 28.1 Å². The van der Waals surface area contributed by atoms with Gasteiger partial charge >= 0.3 is 5.97 Å². The lowest BCUT2D eigenvalue weighted by Crippen LogP contribution is -2.47. The van der Waals surface area contributed by atoms with E-state index >= 15 is 0 Å². The second-order valence-corrected chi connectivity index (χ2v) is 6.67. The molecule has 0 bridgehead atoms. The standard InChI is InChI=1S/C22H20N2O5/c1-28-16-9-5-14(6-10-16)19-20(22(26)27)23-13-3-4-18(23)21(25)24(19)15-7-11-17(29-2)12-8-15/h3-13,19-20H,1-2H3,(H,26,27)/t19-,20-/m1/s1. The van der Waals surface area contributed by atoms with Gasteiger partial charge in [-0.25, -0.2) is 4.79 Å². The number of benzene rings is 2. The highest BCUT2D eigenvalue weighted by molar-refractivity contribution is 6.07. The molecule has 0 saturated carbocycles. The van der Waals surface area contributed by atoms with Crippen LogP contribution in [-0.2, 0) is 4.79 Å². The average Bonchev–Trinajstić information content (AvgIpc) is 3.23. The van der Waals surface area contributed by atoms with Gasteiger partial charge in [-0.1, -0.05) is 12.1 Å². The predicted octanol–water partition coefficient (Wildman–Crippen LogP) is 3.53. The maximum Gasteiger partial charge on any atom is 0.329 e. The summed E-state index contributed by atoms with van der Waals surface area (Å²) in [6, 6.07) is 15.7. The van der Waals surface area contributed by atoms with Crippen molar-refractivity contribution in [3.8, 4) is 11.5 Å². The molecule has 7 nitrogen and oxygen atoms in total. The molecule has 0 aliphatic carbocycles. The Kier molecular flexibility index (Phi) is 4.72. The highest BCUT2D eigenvalue weighted by Gasteiger charge is 2.44. The topological polar surface area (TPSA) is 81.0 Å². The SMILES string of the molecule is COc1ccc([C@@H]2[C@H](C(=O)O)n3cccc3C(=O)N2c2ccc(OC)cc2)cc1. The summed E-state index contributed by atoms with van der Waals surface area (Å²) in [7, 11) is 3.13. The van der Waals surface area contributed by atoms with Gasteiger partial charge in [0.2, 0.25) is 0 Å². The zero-order valence-corrected chi connectivity index (χ0v) is 16.0. The number of ether oxygens (including phenoxy) is 2. The van der Waals surface area contributed by atoms with Crippen LogP contribution in [0.5, 0.6) is 11.5 Å². The van der Waals surface area contributed by atoms with Gasteiger partial charge < -0.3 is 19.1 Å². The molecule has 29 heavy (non-hydrogen) atoms. The van der Waals surface area contributed by atoms with E-state index in [1.54, 1.807) is 81.1 Å². The number of hydrogen-bond acceptors (Lipinski definition) is 4. The molecule has 0 spiro atoms. The molecule has 1 amide bonds. The van der Waals surface area contributed by atoms with Crippen molar-refractivity contribution in [3.63, 3.8) is 0 Å². The van der Waals surface area contributed by atoms with Gasteiger partial charge in [-0.3, -0.25) is 9.69 Å². The summed E-state index contributed by atoms with van der Waals surface area (Å²) in [6.07, 6.45) is 1.63. The van der Waals surface area contributed by atoms with Crippen molar-refractivity contribution in [3.05, 3.63) is 78.1 Å². The lowest BCUT2D eigenvalue weighted by molar-refractivity contribution is -0.141.